The number of urea groups is 1. The fraction of sp³-hybridized carbons (Fsp3) is 0.167. The van der Waals surface area contributed by atoms with Crippen molar-refractivity contribution in [1.29, 1.82) is 0 Å². The predicted molar refractivity (Wildman–Crippen MR) is 94.2 cm³/mol. The monoisotopic (exact) mass is 344 g/mol. The highest BCUT2D eigenvalue weighted by Crippen LogP contribution is 2.19. The van der Waals surface area contributed by atoms with E-state index in [1.165, 1.54) is 0 Å². The molecule has 24 heavy (non-hydrogen) atoms. The molecule has 0 saturated heterocycles. The first-order chi connectivity index (χ1) is 11.6. The van der Waals surface area contributed by atoms with E-state index in [1.54, 1.807) is 48.5 Å². The number of hydrogen-bond acceptors (Lipinski definition) is 3. The minimum Gasteiger partial charge on any atom is -0.481 e. The molecule has 0 aliphatic heterocycles. The Hall–Kier alpha value is -2.68. The second-order valence-electron chi connectivity index (χ2n) is 4.91. The fourth-order valence-corrected chi connectivity index (χ4v) is 2.17. The Morgan fingerprint density at radius 3 is 2.71 bits per heavy atom. The summed E-state index contributed by atoms with van der Waals surface area (Å²) in [5, 5.41) is 15.5. The summed E-state index contributed by atoms with van der Waals surface area (Å²) >= 11 is 5.84. The lowest BCUT2D eigenvalue weighted by Gasteiger charge is -2.17. The maximum Gasteiger partial charge on any atom is 0.319 e. The Morgan fingerprint density at radius 2 is 2.04 bits per heavy atom. The summed E-state index contributed by atoms with van der Waals surface area (Å²) in [6.07, 6.45) is 5.14. The standard InChI is InChI=1S/C18H17ClN2O3/c1-2-10-24-16-5-3-4-15(11-16)20-18(23)21-17(12-22)13-6-8-14(19)9-7-13/h1,3-9,11,17,22H,10,12H2,(H2,20,21,23). The van der Waals surface area contributed by atoms with Gasteiger partial charge in [-0.05, 0) is 29.8 Å². The van der Waals surface area contributed by atoms with Crippen molar-refractivity contribution in [3.8, 4) is 18.1 Å². The van der Waals surface area contributed by atoms with Crippen molar-refractivity contribution in [2.24, 2.45) is 0 Å². The van der Waals surface area contributed by atoms with Crippen LogP contribution in [0.3, 0.4) is 0 Å². The van der Waals surface area contributed by atoms with Crippen molar-refractivity contribution in [2.75, 3.05) is 18.5 Å². The van der Waals surface area contributed by atoms with Gasteiger partial charge in [0, 0.05) is 16.8 Å². The molecule has 124 valence electrons. The van der Waals surface area contributed by atoms with Crippen LogP contribution in [0.1, 0.15) is 11.6 Å². The Bertz CT molecular complexity index is 726. The van der Waals surface area contributed by atoms with Crippen molar-refractivity contribution < 1.29 is 14.6 Å². The highest BCUT2D eigenvalue weighted by Gasteiger charge is 2.13. The van der Waals surface area contributed by atoms with E-state index in [9.17, 15) is 9.90 Å². The van der Waals surface area contributed by atoms with Crippen molar-refractivity contribution in [3.05, 3.63) is 59.1 Å². The van der Waals surface area contributed by atoms with Gasteiger partial charge in [-0.15, -0.1) is 6.42 Å². The number of ether oxygens (including phenoxy) is 1. The summed E-state index contributed by atoms with van der Waals surface area (Å²) < 4.78 is 5.30. The van der Waals surface area contributed by atoms with Crippen molar-refractivity contribution in [3.63, 3.8) is 0 Å². The Kier molecular flexibility index (Phi) is 6.50. The minimum atomic E-state index is -0.539. The van der Waals surface area contributed by atoms with E-state index < -0.39 is 12.1 Å². The van der Waals surface area contributed by atoms with Crippen molar-refractivity contribution >= 4 is 23.3 Å². The summed E-state index contributed by atoms with van der Waals surface area (Å²) in [5.74, 6) is 2.93. The van der Waals surface area contributed by atoms with E-state index in [0.717, 1.165) is 5.56 Å². The maximum atomic E-state index is 12.1. The third-order valence-corrected chi connectivity index (χ3v) is 3.43. The number of anilines is 1. The topological polar surface area (TPSA) is 70.6 Å². The highest BCUT2D eigenvalue weighted by atomic mass is 35.5. The number of aliphatic hydroxyl groups is 1. The molecule has 2 amide bonds. The van der Waals surface area contributed by atoms with Gasteiger partial charge in [0.05, 0.1) is 12.6 Å². The van der Waals surface area contributed by atoms with E-state index in [-0.39, 0.29) is 13.2 Å². The normalized spacial score (nSPS) is 11.2. The van der Waals surface area contributed by atoms with Gasteiger partial charge in [0.2, 0.25) is 0 Å². The highest BCUT2D eigenvalue weighted by molar-refractivity contribution is 6.30. The molecule has 2 rings (SSSR count). The van der Waals surface area contributed by atoms with Crippen LogP contribution in [0.15, 0.2) is 48.5 Å². The lowest BCUT2D eigenvalue weighted by Crippen LogP contribution is -2.34. The number of nitrogens with one attached hydrogen (secondary N) is 2. The Labute approximate surface area is 145 Å². The van der Waals surface area contributed by atoms with Crippen LogP contribution in [0.25, 0.3) is 0 Å². The average molecular weight is 345 g/mol. The molecule has 1 unspecified atom stereocenters. The second-order valence-corrected chi connectivity index (χ2v) is 5.34. The summed E-state index contributed by atoms with van der Waals surface area (Å²) in [4.78, 5) is 12.1. The van der Waals surface area contributed by atoms with Gasteiger partial charge < -0.3 is 20.5 Å². The third-order valence-electron chi connectivity index (χ3n) is 3.17. The van der Waals surface area contributed by atoms with Crippen LogP contribution < -0.4 is 15.4 Å². The molecule has 0 radical (unpaired) electrons. The molecule has 0 aliphatic rings. The number of aliphatic hydroxyl groups excluding tert-OH is 1. The molecule has 0 bridgehead atoms. The van der Waals surface area contributed by atoms with Crippen LogP contribution in [0.2, 0.25) is 5.02 Å². The lowest BCUT2D eigenvalue weighted by molar-refractivity contribution is 0.225. The lowest BCUT2D eigenvalue weighted by atomic mass is 10.1. The molecule has 0 heterocycles. The molecular weight excluding hydrogens is 328 g/mol. The number of terminal acetylenes is 1. The molecule has 3 N–H and O–H groups in total. The van der Waals surface area contributed by atoms with Crippen LogP contribution in [0.4, 0.5) is 10.5 Å². The molecule has 1 atom stereocenters. The zero-order valence-electron chi connectivity index (χ0n) is 12.8. The van der Waals surface area contributed by atoms with Gasteiger partial charge in [-0.1, -0.05) is 35.7 Å². The molecule has 2 aromatic carbocycles. The quantitative estimate of drug-likeness (QED) is 0.705. The van der Waals surface area contributed by atoms with Crippen LogP contribution in [-0.2, 0) is 0 Å². The first kappa shape index (κ1) is 17.7. The molecule has 0 saturated carbocycles. The van der Waals surface area contributed by atoms with E-state index in [2.05, 4.69) is 16.6 Å². The van der Waals surface area contributed by atoms with Crippen LogP contribution in [0, 0.1) is 12.3 Å². The number of rotatable bonds is 6. The summed E-state index contributed by atoms with van der Waals surface area (Å²) in [7, 11) is 0. The number of benzene rings is 2. The molecule has 0 spiro atoms. The fourth-order valence-electron chi connectivity index (χ4n) is 2.04. The van der Waals surface area contributed by atoms with E-state index in [4.69, 9.17) is 22.8 Å². The molecule has 5 nitrogen and oxygen atoms in total. The predicted octanol–water partition coefficient (Wildman–Crippen LogP) is 3.21. The average Bonchev–Trinajstić information content (AvgIpc) is 2.59. The molecule has 0 aliphatic carbocycles. The van der Waals surface area contributed by atoms with E-state index in [1.807, 2.05) is 0 Å². The Morgan fingerprint density at radius 1 is 1.29 bits per heavy atom. The van der Waals surface area contributed by atoms with Crippen molar-refractivity contribution in [1.82, 2.24) is 5.32 Å². The molecule has 6 heteroatoms. The smallest absolute Gasteiger partial charge is 0.319 e. The van der Waals surface area contributed by atoms with Gasteiger partial charge in [0.25, 0.3) is 0 Å². The van der Waals surface area contributed by atoms with Crippen LogP contribution in [-0.4, -0.2) is 24.4 Å². The van der Waals surface area contributed by atoms with Crippen molar-refractivity contribution in [2.45, 2.75) is 6.04 Å². The molecule has 2 aromatic rings. The number of carbonyl (C=O) groups is 1. The van der Waals surface area contributed by atoms with Crippen LogP contribution in [0.5, 0.6) is 5.75 Å². The van der Waals surface area contributed by atoms with E-state index >= 15 is 0 Å². The number of halogens is 1. The summed E-state index contributed by atoms with van der Waals surface area (Å²) in [5.41, 5.74) is 1.30. The largest absolute Gasteiger partial charge is 0.481 e. The Balaban J connectivity index is 1.99. The summed E-state index contributed by atoms with van der Waals surface area (Å²) in [6, 6.07) is 12.8. The number of carbonyl (C=O) groups excluding carboxylic acids is 1. The SMILES string of the molecule is C#CCOc1cccc(NC(=O)NC(CO)c2ccc(Cl)cc2)c1. The second kappa shape index (κ2) is 8.82. The zero-order valence-corrected chi connectivity index (χ0v) is 13.6. The first-order valence-corrected chi connectivity index (χ1v) is 7.60. The van der Waals surface area contributed by atoms with Gasteiger partial charge in [-0.3, -0.25) is 0 Å². The van der Waals surface area contributed by atoms with Gasteiger partial charge in [0.15, 0.2) is 0 Å². The van der Waals surface area contributed by atoms with Crippen LogP contribution >= 0.6 is 11.6 Å². The van der Waals surface area contributed by atoms with Gasteiger partial charge in [-0.2, -0.15) is 0 Å². The van der Waals surface area contributed by atoms with Gasteiger partial charge in [0.1, 0.15) is 12.4 Å². The van der Waals surface area contributed by atoms with Gasteiger partial charge >= 0.3 is 6.03 Å². The molecular formula is C18H17ClN2O3. The molecule has 0 aromatic heterocycles. The van der Waals surface area contributed by atoms with E-state index in [0.29, 0.717) is 16.5 Å². The third kappa shape index (κ3) is 5.20. The summed E-state index contributed by atoms with van der Waals surface area (Å²) in [6.45, 7) is -0.0842. The number of hydrogen-bond donors (Lipinski definition) is 3. The maximum absolute atomic E-state index is 12.1. The number of amides is 2. The zero-order chi connectivity index (χ0) is 17.4. The first-order valence-electron chi connectivity index (χ1n) is 7.22. The minimum absolute atomic E-state index is 0.152. The van der Waals surface area contributed by atoms with Gasteiger partial charge in [-0.25, -0.2) is 4.79 Å². The molecule has 0 fully saturated rings.